The van der Waals surface area contributed by atoms with Gasteiger partial charge in [-0.1, -0.05) is 11.6 Å². The number of aromatic nitrogens is 2. The summed E-state index contributed by atoms with van der Waals surface area (Å²) in [5.41, 5.74) is 4.33. The molecule has 0 aliphatic rings. The maximum Gasteiger partial charge on any atom is 0.289 e. The molecule has 0 aliphatic heterocycles. The van der Waals surface area contributed by atoms with Crippen LogP contribution in [0, 0.1) is 0 Å². The lowest BCUT2D eigenvalue weighted by Crippen LogP contribution is -2.40. The van der Waals surface area contributed by atoms with Gasteiger partial charge in [-0.05, 0) is 0 Å². The number of carbonyl (C=O) groups is 2. The second kappa shape index (κ2) is 4.52. The zero-order valence-electron chi connectivity index (χ0n) is 7.24. The van der Waals surface area contributed by atoms with E-state index in [1.165, 1.54) is 19.3 Å². The summed E-state index contributed by atoms with van der Waals surface area (Å²) in [4.78, 5) is 29.0. The van der Waals surface area contributed by atoms with Gasteiger partial charge in [0.1, 0.15) is 10.8 Å². The van der Waals surface area contributed by atoms with Crippen LogP contribution in [0.5, 0.6) is 0 Å². The van der Waals surface area contributed by atoms with E-state index in [1.54, 1.807) is 0 Å². The molecule has 2 amide bonds. The number of nitrogens with one attached hydrogen (secondary N) is 2. The number of hydrazine groups is 1. The molecule has 14 heavy (non-hydrogen) atoms. The monoisotopic (exact) mass is 214 g/mol. The van der Waals surface area contributed by atoms with Gasteiger partial charge in [-0.3, -0.25) is 20.4 Å². The zero-order valence-corrected chi connectivity index (χ0v) is 8.00. The van der Waals surface area contributed by atoms with Crippen molar-refractivity contribution in [1.29, 1.82) is 0 Å². The fraction of sp³-hybridized carbons (Fsp3) is 0.143. The van der Waals surface area contributed by atoms with Crippen molar-refractivity contribution in [3.63, 3.8) is 0 Å². The molecule has 6 nitrogen and oxygen atoms in total. The molecule has 0 aliphatic carbocycles. The molecule has 0 fully saturated rings. The van der Waals surface area contributed by atoms with Gasteiger partial charge in [0.05, 0.1) is 12.4 Å². The lowest BCUT2D eigenvalue weighted by Gasteiger charge is -2.03. The Labute approximate surface area is 84.7 Å². The number of hydrogen-bond donors (Lipinski definition) is 2. The smallest absolute Gasteiger partial charge is 0.274 e. The van der Waals surface area contributed by atoms with Gasteiger partial charge in [0, 0.05) is 6.92 Å². The zero-order chi connectivity index (χ0) is 10.6. The van der Waals surface area contributed by atoms with Crippen molar-refractivity contribution in [2.45, 2.75) is 6.92 Å². The summed E-state index contributed by atoms with van der Waals surface area (Å²) in [5.74, 6) is -0.926. The van der Waals surface area contributed by atoms with E-state index in [0.717, 1.165) is 0 Å². The van der Waals surface area contributed by atoms with Gasteiger partial charge in [0.2, 0.25) is 5.91 Å². The van der Waals surface area contributed by atoms with Gasteiger partial charge in [-0.2, -0.15) is 0 Å². The highest BCUT2D eigenvalue weighted by molar-refractivity contribution is 6.29. The third-order valence-electron chi connectivity index (χ3n) is 1.21. The van der Waals surface area contributed by atoms with Gasteiger partial charge in [0.15, 0.2) is 0 Å². The van der Waals surface area contributed by atoms with E-state index in [0.29, 0.717) is 0 Å². The standard InChI is InChI=1S/C7H7ClN4O2/c1-4(13)11-12-7(14)5-2-10-6(8)3-9-5/h2-3H,1H3,(H,11,13)(H,12,14). The summed E-state index contributed by atoms with van der Waals surface area (Å²) in [6.45, 7) is 1.27. The number of hydrogen-bond acceptors (Lipinski definition) is 4. The van der Waals surface area contributed by atoms with Gasteiger partial charge >= 0.3 is 0 Å². The van der Waals surface area contributed by atoms with Gasteiger partial charge < -0.3 is 0 Å². The van der Waals surface area contributed by atoms with Crippen molar-refractivity contribution in [3.8, 4) is 0 Å². The maximum absolute atomic E-state index is 11.2. The van der Waals surface area contributed by atoms with Crippen molar-refractivity contribution in [3.05, 3.63) is 23.2 Å². The van der Waals surface area contributed by atoms with Gasteiger partial charge in [-0.15, -0.1) is 0 Å². The molecular formula is C7H7ClN4O2. The Morgan fingerprint density at radius 2 is 2.00 bits per heavy atom. The minimum atomic E-state index is -0.552. The molecule has 7 heteroatoms. The highest BCUT2D eigenvalue weighted by Crippen LogP contribution is 2.00. The predicted octanol–water partition coefficient (Wildman–Crippen LogP) is -0.0891. The van der Waals surface area contributed by atoms with E-state index in [9.17, 15) is 9.59 Å². The predicted molar refractivity (Wildman–Crippen MR) is 48.3 cm³/mol. The van der Waals surface area contributed by atoms with Crippen LogP contribution in [0.1, 0.15) is 17.4 Å². The molecule has 0 unspecified atom stereocenters. The van der Waals surface area contributed by atoms with E-state index in [1.807, 2.05) is 0 Å². The average Bonchev–Trinajstić information content (AvgIpc) is 2.15. The fourth-order valence-electron chi connectivity index (χ4n) is 0.638. The lowest BCUT2D eigenvalue weighted by molar-refractivity contribution is -0.119. The van der Waals surface area contributed by atoms with Crippen LogP contribution in [0.3, 0.4) is 0 Å². The van der Waals surface area contributed by atoms with Crippen LogP contribution in [0.4, 0.5) is 0 Å². The van der Waals surface area contributed by atoms with Crippen molar-refractivity contribution in [1.82, 2.24) is 20.8 Å². The fourth-order valence-corrected chi connectivity index (χ4v) is 0.736. The third-order valence-corrected chi connectivity index (χ3v) is 1.40. The molecule has 0 bridgehead atoms. The Bertz CT molecular complexity index is 351. The largest absolute Gasteiger partial charge is 0.289 e. The molecule has 0 saturated carbocycles. The molecule has 0 spiro atoms. The summed E-state index contributed by atoms with van der Waals surface area (Å²) >= 11 is 5.47. The van der Waals surface area contributed by atoms with Crippen LogP contribution < -0.4 is 10.9 Å². The van der Waals surface area contributed by atoms with Crippen LogP contribution in [-0.2, 0) is 4.79 Å². The van der Waals surface area contributed by atoms with Crippen molar-refractivity contribution in [2.75, 3.05) is 0 Å². The highest BCUT2D eigenvalue weighted by Gasteiger charge is 2.06. The summed E-state index contributed by atoms with van der Waals surface area (Å²) in [7, 11) is 0. The molecule has 0 radical (unpaired) electrons. The molecule has 74 valence electrons. The Morgan fingerprint density at radius 1 is 1.29 bits per heavy atom. The number of nitrogens with zero attached hydrogens (tertiary/aromatic N) is 2. The topological polar surface area (TPSA) is 84.0 Å². The second-order valence-corrected chi connectivity index (χ2v) is 2.75. The summed E-state index contributed by atoms with van der Waals surface area (Å²) in [5, 5.41) is 0.195. The number of carbonyl (C=O) groups excluding carboxylic acids is 2. The quantitative estimate of drug-likeness (QED) is 0.640. The van der Waals surface area contributed by atoms with Gasteiger partial charge in [-0.25, -0.2) is 9.97 Å². The van der Waals surface area contributed by atoms with E-state index < -0.39 is 5.91 Å². The Balaban J connectivity index is 2.61. The first-order valence-electron chi connectivity index (χ1n) is 3.64. The molecule has 0 saturated heterocycles. The first-order chi connectivity index (χ1) is 6.59. The molecule has 0 atom stereocenters. The van der Waals surface area contributed by atoms with Crippen LogP contribution in [0.2, 0.25) is 5.15 Å². The summed E-state index contributed by atoms with van der Waals surface area (Å²) in [6.07, 6.45) is 2.45. The average molecular weight is 215 g/mol. The van der Waals surface area contributed by atoms with E-state index in [2.05, 4.69) is 20.8 Å². The Kier molecular flexibility index (Phi) is 3.35. The first kappa shape index (κ1) is 10.4. The third kappa shape index (κ3) is 2.98. The van der Waals surface area contributed by atoms with Crippen molar-refractivity contribution in [2.24, 2.45) is 0 Å². The molecule has 1 rings (SSSR count). The van der Waals surface area contributed by atoms with Crippen LogP contribution in [0.25, 0.3) is 0 Å². The van der Waals surface area contributed by atoms with Gasteiger partial charge in [0.25, 0.3) is 5.91 Å². The van der Waals surface area contributed by atoms with E-state index in [4.69, 9.17) is 11.6 Å². The summed E-state index contributed by atoms with van der Waals surface area (Å²) < 4.78 is 0. The first-order valence-corrected chi connectivity index (χ1v) is 4.02. The minimum absolute atomic E-state index is 0.0724. The highest BCUT2D eigenvalue weighted by atomic mass is 35.5. The molecular weight excluding hydrogens is 208 g/mol. The molecule has 1 aromatic heterocycles. The number of amides is 2. The number of halogens is 1. The van der Waals surface area contributed by atoms with Crippen LogP contribution in [0.15, 0.2) is 12.4 Å². The molecule has 2 N–H and O–H groups in total. The van der Waals surface area contributed by atoms with Crippen LogP contribution in [-0.4, -0.2) is 21.8 Å². The number of rotatable bonds is 1. The Hall–Kier alpha value is -1.69. The van der Waals surface area contributed by atoms with Crippen molar-refractivity contribution < 1.29 is 9.59 Å². The SMILES string of the molecule is CC(=O)NNC(=O)c1cnc(Cl)cn1. The van der Waals surface area contributed by atoms with Crippen molar-refractivity contribution >= 4 is 23.4 Å². The summed E-state index contributed by atoms with van der Waals surface area (Å²) in [6, 6.07) is 0. The maximum atomic E-state index is 11.2. The van der Waals surface area contributed by atoms with Crippen LogP contribution >= 0.6 is 11.6 Å². The molecule has 1 heterocycles. The normalized spacial score (nSPS) is 9.29. The minimum Gasteiger partial charge on any atom is -0.274 e. The molecule has 0 aromatic carbocycles. The second-order valence-electron chi connectivity index (χ2n) is 2.36. The lowest BCUT2D eigenvalue weighted by atomic mass is 10.4. The Morgan fingerprint density at radius 3 is 2.50 bits per heavy atom. The molecule has 1 aromatic rings. The van der Waals surface area contributed by atoms with E-state index >= 15 is 0 Å². The van der Waals surface area contributed by atoms with E-state index in [-0.39, 0.29) is 16.8 Å².